The molecule has 140 valence electrons. The lowest BCUT2D eigenvalue weighted by Crippen LogP contribution is -2.30. The number of carbonyl (C=O) groups is 1. The van der Waals surface area contributed by atoms with Gasteiger partial charge in [-0.3, -0.25) is 4.79 Å². The summed E-state index contributed by atoms with van der Waals surface area (Å²) < 4.78 is 25.7. The number of nitrogens with zero attached hydrogens (tertiary/aromatic N) is 3. The summed E-state index contributed by atoms with van der Waals surface area (Å²) in [5.74, 6) is -0.713. The molecule has 0 bridgehead atoms. The van der Waals surface area contributed by atoms with E-state index in [1.54, 1.807) is 13.0 Å². The summed E-state index contributed by atoms with van der Waals surface area (Å²) in [5.41, 5.74) is 2.63. The first kappa shape index (κ1) is 20.3. The monoisotopic (exact) mass is 395 g/mol. The minimum absolute atomic E-state index is 0.0228. The van der Waals surface area contributed by atoms with Gasteiger partial charge < -0.3 is 5.11 Å². The van der Waals surface area contributed by atoms with Crippen LogP contribution in [-0.2, 0) is 27.9 Å². The van der Waals surface area contributed by atoms with Crippen molar-refractivity contribution in [3.05, 3.63) is 53.0 Å². The molecule has 1 heterocycles. The van der Waals surface area contributed by atoms with E-state index in [1.165, 1.54) is 4.31 Å². The van der Waals surface area contributed by atoms with Crippen LogP contribution in [0.3, 0.4) is 0 Å². The highest BCUT2D eigenvalue weighted by atomic mass is 32.2. The molecule has 0 amide bonds. The van der Waals surface area contributed by atoms with E-state index in [0.717, 1.165) is 29.1 Å². The molecule has 0 atom stereocenters. The van der Waals surface area contributed by atoms with Crippen LogP contribution in [0.5, 0.6) is 0 Å². The van der Waals surface area contributed by atoms with Crippen LogP contribution in [-0.4, -0.2) is 45.8 Å². The van der Waals surface area contributed by atoms with Crippen molar-refractivity contribution in [1.29, 1.82) is 0 Å². The first-order chi connectivity index (χ1) is 12.1. The van der Waals surface area contributed by atoms with Crippen LogP contribution in [0.15, 0.2) is 35.4 Å². The highest BCUT2D eigenvalue weighted by Gasteiger charge is 2.19. The lowest BCUT2D eigenvalue weighted by atomic mass is 10.1. The first-order valence-corrected chi connectivity index (χ1v) is 10.7. The maximum Gasteiger partial charge on any atom is 0.313 e. The highest BCUT2D eigenvalue weighted by molar-refractivity contribution is 7.99. The Morgan fingerprint density at radius 1 is 1.15 bits per heavy atom. The number of carboxylic acids is 1. The predicted octanol–water partition coefficient (Wildman–Crippen LogP) is 2.23. The van der Waals surface area contributed by atoms with E-state index in [0.29, 0.717) is 16.5 Å². The molecule has 0 spiro atoms. The number of aromatic nitrogens is 2. The molecule has 2 rings (SSSR count). The van der Waals surface area contributed by atoms with Gasteiger partial charge in [-0.15, -0.1) is 0 Å². The van der Waals surface area contributed by atoms with E-state index in [-0.39, 0.29) is 18.8 Å². The predicted molar refractivity (Wildman–Crippen MR) is 100 cm³/mol. The lowest BCUT2D eigenvalue weighted by Gasteiger charge is -2.19. The summed E-state index contributed by atoms with van der Waals surface area (Å²) in [6.07, 6.45) is 1.15. The Balaban J connectivity index is 2.22. The summed E-state index contributed by atoms with van der Waals surface area (Å²) in [7, 11) is -3.47. The van der Waals surface area contributed by atoms with Gasteiger partial charge in [0.1, 0.15) is 10.9 Å². The van der Waals surface area contributed by atoms with Crippen LogP contribution < -0.4 is 0 Å². The van der Waals surface area contributed by atoms with Crippen LogP contribution in [0.1, 0.15) is 22.6 Å². The van der Waals surface area contributed by atoms with Crippen molar-refractivity contribution in [2.24, 2.45) is 0 Å². The van der Waals surface area contributed by atoms with Gasteiger partial charge in [0.05, 0.1) is 18.6 Å². The number of thioether (sulfide) groups is 1. The number of sulfonamides is 1. The van der Waals surface area contributed by atoms with Gasteiger partial charge in [-0.2, -0.15) is 4.31 Å². The second kappa shape index (κ2) is 8.61. The average molecular weight is 396 g/mol. The van der Waals surface area contributed by atoms with E-state index >= 15 is 0 Å². The number of benzene rings is 1. The molecule has 26 heavy (non-hydrogen) atoms. The number of aryl methyl sites for hydroxylation is 2. The maximum absolute atomic E-state index is 12.2. The van der Waals surface area contributed by atoms with E-state index in [9.17, 15) is 13.2 Å². The van der Waals surface area contributed by atoms with Crippen molar-refractivity contribution in [2.45, 2.75) is 32.0 Å². The fraction of sp³-hybridized carbons (Fsp3) is 0.353. The molecule has 0 unspecified atom stereocenters. The zero-order chi connectivity index (χ0) is 19.3. The van der Waals surface area contributed by atoms with Crippen LogP contribution in [0.4, 0.5) is 0 Å². The van der Waals surface area contributed by atoms with Crippen molar-refractivity contribution in [3.8, 4) is 0 Å². The van der Waals surface area contributed by atoms with E-state index < -0.39 is 16.0 Å². The van der Waals surface area contributed by atoms with E-state index in [2.05, 4.69) is 9.97 Å². The molecular weight excluding hydrogens is 374 g/mol. The topological polar surface area (TPSA) is 100 Å². The molecule has 1 aromatic heterocycles. The molecule has 0 saturated heterocycles. The second-order valence-electron chi connectivity index (χ2n) is 5.96. The number of aliphatic carboxylic acids is 1. The summed E-state index contributed by atoms with van der Waals surface area (Å²) in [5, 5.41) is 9.31. The quantitative estimate of drug-likeness (QED) is 0.540. The van der Waals surface area contributed by atoms with Gasteiger partial charge in [0.2, 0.25) is 10.0 Å². The Kier molecular flexibility index (Phi) is 6.74. The summed E-state index contributed by atoms with van der Waals surface area (Å²) >= 11 is 1.08. The van der Waals surface area contributed by atoms with Crippen molar-refractivity contribution >= 4 is 27.8 Å². The number of hydrogen-bond acceptors (Lipinski definition) is 6. The van der Waals surface area contributed by atoms with Gasteiger partial charge in [0, 0.05) is 12.2 Å². The number of carboxylic acid groups (broad SMARTS) is 1. The Morgan fingerprint density at radius 2 is 1.81 bits per heavy atom. The highest BCUT2D eigenvalue weighted by Crippen LogP contribution is 2.18. The zero-order valence-electron chi connectivity index (χ0n) is 14.8. The van der Waals surface area contributed by atoms with E-state index in [1.807, 2.05) is 31.2 Å². The standard InChI is InChI=1S/C17H21N3O4S2/c1-12-4-6-14(7-5-12)9-20(26(3,23)24)10-15-18-13(2)8-16(19-15)25-11-17(21)22/h4-8H,9-11H2,1-3H3,(H,21,22). The summed E-state index contributed by atoms with van der Waals surface area (Å²) in [4.78, 5) is 19.3. The average Bonchev–Trinajstić information content (AvgIpc) is 2.53. The molecule has 0 aliphatic rings. The normalized spacial score (nSPS) is 11.7. The number of rotatable bonds is 8. The van der Waals surface area contributed by atoms with Crippen LogP contribution in [0.25, 0.3) is 0 Å². The van der Waals surface area contributed by atoms with Crippen molar-refractivity contribution < 1.29 is 18.3 Å². The van der Waals surface area contributed by atoms with Crippen molar-refractivity contribution in [1.82, 2.24) is 14.3 Å². The van der Waals surface area contributed by atoms with Gasteiger partial charge in [0.15, 0.2) is 0 Å². The van der Waals surface area contributed by atoms with Crippen molar-refractivity contribution in [3.63, 3.8) is 0 Å². The SMILES string of the molecule is Cc1ccc(CN(Cc2nc(C)cc(SCC(=O)O)n2)S(C)(=O)=O)cc1. The third kappa shape index (κ3) is 6.40. The molecule has 9 heteroatoms. The van der Waals surface area contributed by atoms with E-state index in [4.69, 9.17) is 5.11 Å². The molecule has 0 saturated carbocycles. The zero-order valence-corrected chi connectivity index (χ0v) is 16.5. The Labute approximate surface area is 157 Å². The third-order valence-corrected chi connectivity index (χ3v) is 5.58. The van der Waals surface area contributed by atoms with Gasteiger partial charge >= 0.3 is 5.97 Å². The molecule has 0 radical (unpaired) electrons. The molecule has 1 N–H and O–H groups in total. The Bertz CT molecular complexity index is 883. The summed E-state index contributed by atoms with van der Waals surface area (Å²) in [6.45, 7) is 3.97. The third-order valence-electron chi connectivity index (χ3n) is 3.49. The van der Waals surface area contributed by atoms with Gasteiger partial charge in [0.25, 0.3) is 0 Å². The smallest absolute Gasteiger partial charge is 0.313 e. The molecule has 0 aliphatic heterocycles. The molecule has 2 aromatic rings. The molecule has 7 nitrogen and oxygen atoms in total. The largest absolute Gasteiger partial charge is 0.481 e. The molecule has 1 aromatic carbocycles. The van der Waals surface area contributed by atoms with Crippen LogP contribution in [0, 0.1) is 13.8 Å². The fourth-order valence-corrected chi connectivity index (χ4v) is 3.65. The van der Waals surface area contributed by atoms with Crippen LogP contribution >= 0.6 is 11.8 Å². The minimum Gasteiger partial charge on any atom is -0.481 e. The van der Waals surface area contributed by atoms with Gasteiger partial charge in [-0.1, -0.05) is 41.6 Å². The Hall–Kier alpha value is -1.97. The maximum atomic E-state index is 12.2. The number of hydrogen-bond donors (Lipinski definition) is 1. The lowest BCUT2D eigenvalue weighted by molar-refractivity contribution is -0.133. The minimum atomic E-state index is -3.47. The van der Waals surface area contributed by atoms with Crippen molar-refractivity contribution in [2.75, 3.05) is 12.0 Å². The van der Waals surface area contributed by atoms with Gasteiger partial charge in [-0.05, 0) is 25.5 Å². The molecule has 0 aliphatic carbocycles. The molecular formula is C17H21N3O4S2. The second-order valence-corrected chi connectivity index (χ2v) is 8.94. The first-order valence-electron chi connectivity index (χ1n) is 7.83. The Morgan fingerprint density at radius 3 is 2.38 bits per heavy atom. The van der Waals surface area contributed by atoms with Gasteiger partial charge in [-0.25, -0.2) is 18.4 Å². The van der Waals surface area contributed by atoms with Crippen LogP contribution in [0.2, 0.25) is 0 Å². The fourth-order valence-electron chi connectivity index (χ4n) is 2.22. The summed E-state index contributed by atoms with van der Waals surface area (Å²) in [6, 6.07) is 9.32. The molecule has 0 fully saturated rings.